The Balaban J connectivity index is 0.00000102. The fraction of sp³-hybridized carbons (Fsp3) is 0.400. The summed E-state index contributed by atoms with van der Waals surface area (Å²) >= 11 is 0. The van der Waals surface area contributed by atoms with Gasteiger partial charge in [0.2, 0.25) is 0 Å². The second-order valence-corrected chi connectivity index (χ2v) is 6.85. The SMILES string of the molecule is CO.Cc1cc(F)c(NC(=O)N2C3CCC[C@@H]2C3)cc1-c1cncc(F)c1. The minimum atomic E-state index is -0.496. The zero-order chi connectivity index (χ0) is 19.6. The standard InChI is InChI=1S/C19H19F2N3O.CH4O/c1-11-5-17(21)18(8-16(11)12-6-13(20)10-22-9-12)23-19(25)24-14-3-2-4-15(24)7-14;1-2/h5-6,8-10,14-15H,2-4,7H2,1H3,(H,23,25);2H,1H3/t14-,15?;/m1./s1. The second-order valence-electron chi connectivity index (χ2n) is 6.85. The highest BCUT2D eigenvalue weighted by Crippen LogP contribution is 2.38. The summed E-state index contributed by atoms with van der Waals surface area (Å²) in [5.74, 6) is -0.954. The highest BCUT2D eigenvalue weighted by atomic mass is 19.1. The number of hydrogen-bond donors (Lipinski definition) is 2. The third-order valence-electron chi connectivity index (χ3n) is 5.21. The van der Waals surface area contributed by atoms with Crippen molar-refractivity contribution in [2.24, 2.45) is 0 Å². The number of rotatable bonds is 2. The van der Waals surface area contributed by atoms with Crippen LogP contribution in [-0.4, -0.2) is 40.2 Å². The number of nitrogens with zero attached hydrogens (tertiary/aromatic N) is 2. The Morgan fingerprint density at radius 1 is 1.19 bits per heavy atom. The number of hydrogen-bond acceptors (Lipinski definition) is 3. The molecular weight excluding hydrogens is 352 g/mol. The van der Waals surface area contributed by atoms with Gasteiger partial charge in [0.1, 0.15) is 11.6 Å². The van der Waals surface area contributed by atoms with Crippen LogP contribution in [0.5, 0.6) is 0 Å². The summed E-state index contributed by atoms with van der Waals surface area (Å²) in [6.07, 6.45) is 6.86. The molecule has 0 spiro atoms. The maximum absolute atomic E-state index is 14.3. The van der Waals surface area contributed by atoms with Crippen molar-refractivity contribution < 1.29 is 18.7 Å². The lowest BCUT2D eigenvalue weighted by molar-refractivity contribution is 0.0173. The van der Waals surface area contributed by atoms with Gasteiger partial charge in [-0.15, -0.1) is 0 Å². The number of aliphatic hydroxyl groups is 1. The van der Waals surface area contributed by atoms with Gasteiger partial charge in [-0.25, -0.2) is 13.6 Å². The lowest BCUT2D eigenvalue weighted by Crippen LogP contribution is -2.62. The quantitative estimate of drug-likeness (QED) is 0.830. The Hall–Kier alpha value is -2.54. The summed E-state index contributed by atoms with van der Waals surface area (Å²) in [5, 5.41) is 9.69. The third kappa shape index (κ3) is 3.78. The van der Waals surface area contributed by atoms with Crippen LogP contribution in [0.3, 0.4) is 0 Å². The number of aliphatic hydroxyl groups excluding tert-OH is 1. The number of carbonyl (C=O) groups excluding carboxylic acids is 1. The smallest absolute Gasteiger partial charge is 0.322 e. The number of halogens is 2. The predicted molar refractivity (Wildman–Crippen MR) is 99.4 cm³/mol. The number of aryl methyl sites for hydroxylation is 1. The Labute approximate surface area is 157 Å². The van der Waals surface area contributed by atoms with Crippen molar-refractivity contribution in [3.63, 3.8) is 0 Å². The number of benzene rings is 1. The Kier molecular flexibility index (Phi) is 5.70. The molecule has 3 heterocycles. The third-order valence-corrected chi connectivity index (χ3v) is 5.21. The predicted octanol–water partition coefficient (Wildman–Crippen LogP) is 4.10. The lowest BCUT2D eigenvalue weighted by atomic mass is 9.80. The highest BCUT2D eigenvalue weighted by Gasteiger charge is 2.44. The van der Waals surface area contributed by atoms with Crippen molar-refractivity contribution in [2.75, 3.05) is 12.4 Å². The van der Waals surface area contributed by atoms with Gasteiger partial charge in [0.05, 0.1) is 11.9 Å². The van der Waals surface area contributed by atoms with Crippen LogP contribution < -0.4 is 5.32 Å². The molecule has 1 unspecified atom stereocenters. The number of nitrogens with one attached hydrogen (secondary N) is 1. The summed E-state index contributed by atoms with van der Waals surface area (Å²) < 4.78 is 27.8. The highest BCUT2D eigenvalue weighted by molar-refractivity contribution is 5.91. The van der Waals surface area contributed by atoms with E-state index in [9.17, 15) is 13.6 Å². The van der Waals surface area contributed by atoms with E-state index in [0.717, 1.165) is 39.0 Å². The molecule has 0 radical (unpaired) electrons. The van der Waals surface area contributed by atoms with E-state index in [1.54, 1.807) is 13.0 Å². The van der Waals surface area contributed by atoms with Crippen molar-refractivity contribution in [1.29, 1.82) is 0 Å². The monoisotopic (exact) mass is 375 g/mol. The molecular formula is C20H23F2N3O2. The molecule has 2 fully saturated rings. The van der Waals surface area contributed by atoms with Gasteiger partial charge in [-0.05, 0) is 61.9 Å². The van der Waals surface area contributed by atoms with Gasteiger partial charge in [0, 0.05) is 31.0 Å². The Morgan fingerprint density at radius 2 is 1.89 bits per heavy atom. The molecule has 4 rings (SSSR count). The fourth-order valence-corrected chi connectivity index (χ4v) is 3.95. The molecule has 2 aliphatic heterocycles. The van der Waals surface area contributed by atoms with Crippen molar-refractivity contribution in [2.45, 2.75) is 44.7 Å². The summed E-state index contributed by atoms with van der Waals surface area (Å²) in [5.41, 5.74) is 1.96. The van der Waals surface area contributed by atoms with Crippen LogP contribution >= 0.6 is 0 Å². The van der Waals surface area contributed by atoms with Gasteiger partial charge in [-0.2, -0.15) is 0 Å². The normalized spacial score (nSPS) is 20.3. The zero-order valence-corrected chi connectivity index (χ0v) is 15.4. The molecule has 2 amide bonds. The average molecular weight is 375 g/mol. The number of urea groups is 1. The van der Waals surface area contributed by atoms with Gasteiger partial charge in [0.15, 0.2) is 0 Å². The largest absolute Gasteiger partial charge is 0.400 e. The Bertz CT molecular complexity index is 830. The van der Waals surface area contributed by atoms with Gasteiger partial charge in [-0.3, -0.25) is 4.98 Å². The molecule has 2 bridgehead atoms. The molecule has 2 saturated heterocycles. The van der Waals surface area contributed by atoms with Crippen LogP contribution in [0.1, 0.15) is 31.2 Å². The number of aromatic nitrogens is 1. The first-order valence-corrected chi connectivity index (χ1v) is 8.98. The van der Waals surface area contributed by atoms with E-state index < -0.39 is 11.6 Å². The summed E-state index contributed by atoms with van der Waals surface area (Å²) in [6.45, 7) is 1.74. The molecule has 7 heteroatoms. The van der Waals surface area contributed by atoms with Crippen molar-refractivity contribution in [3.8, 4) is 11.1 Å². The molecule has 2 N–H and O–H groups in total. The number of pyridine rings is 1. The number of fused-ring (bicyclic) bond motifs is 2. The molecule has 144 valence electrons. The first kappa shape index (κ1) is 19.2. The van der Waals surface area contributed by atoms with Crippen molar-refractivity contribution in [1.82, 2.24) is 9.88 Å². The molecule has 0 saturated carbocycles. The topological polar surface area (TPSA) is 65.5 Å². The first-order valence-electron chi connectivity index (χ1n) is 8.98. The maximum atomic E-state index is 14.3. The number of carbonyl (C=O) groups is 1. The molecule has 2 aromatic rings. The number of amides is 2. The maximum Gasteiger partial charge on any atom is 0.322 e. The van der Waals surface area contributed by atoms with Crippen molar-refractivity contribution in [3.05, 3.63) is 47.8 Å². The molecule has 1 aromatic carbocycles. The summed E-state index contributed by atoms with van der Waals surface area (Å²) in [6, 6.07) is 4.55. The van der Waals surface area contributed by atoms with E-state index in [0.29, 0.717) is 16.7 Å². The minimum Gasteiger partial charge on any atom is -0.400 e. The molecule has 5 nitrogen and oxygen atoms in total. The van der Waals surface area contributed by atoms with E-state index in [-0.39, 0.29) is 23.8 Å². The summed E-state index contributed by atoms with van der Waals surface area (Å²) in [4.78, 5) is 18.2. The van der Waals surface area contributed by atoms with E-state index in [2.05, 4.69) is 10.3 Å². The fourth-order valence-electron chi connectivity index (χ4n) is 3.95. The van der Waals surface area contributed by atoms with Gasteiger partial charge in [-0.1, -0.05) is 0 Å². The zero-order valence-electron chi connectivity index (χ0n) is 15.4. The van der Waals surface area contributed by atoms with Crippen LogP contribution in [0.25, 0.3) is 11.1 Å². The van der Waals surface area contributed by atoms with E-state index in [1.165, 1.54) is 18.3 Å². The van der Waals surface area contributed by atoms with Crippen LogP contribution in [0.2, 0.25) is 0 Å². The Morgan fingerprint density at radius 3 is 2.52 bits per heavy atom. The summed E-state index contributed by atoms with van der Waals surface area (Å²) in [7, 11) is 1.00. The molecule has 1 aromatic heterocycles. The first-order chi connectivity index (χ1) is 13.0. The van der Waals surface area contributed by atoms with Crippen LogP contribution in [-0.2, 0) is 0 Å². The molecule has 2 aliphatic rings. The number of piperidine rings is 1. The lowest BCUT2D eigenvalue weighted by Gasteiger charge is -2.52. The van der Waals surface area contributed by atoms with Crippen LogP contribution in [0.15, 0.2) is 30.6 Å². The van der Waals surface area contributed by atoms with E-state index in [1.807, 2.05) is 4.90 Å². The molecule has 0 aliphatic carbocycles. The average Bonchev–Trinajstić information content (AvgIpc) is 2.66. The molecule has 2 atom stereocenters. The van der Waals surface area contributed by atoms with E-state index in [4.69, 9.17) is 5.11 Å². The van der Waals surface area contributed by atoms with Crippen molar-refractivity contribution >= 4 is 11.7 Å². The molecule has 27 heavy (non-hydrogen) atoms. The van der Waals surface area contributed by atoms with Crippen LogP contribution in [0, 0.1) is 18.6 Å². The van der Waals surface area contributed by atoms with Gasteiger partial charge in [0.25, 0.3) is 0 Å². The minimum absolute atomic E-state index is 0.111. The number of anilines is 1. The van der Waals surface area contributed by atoms with Gasteiger partial charge >= 0.3 is 6.03 Å². The van der Waals surface area contributed by atoms with Crippen LogP contribution in [0.4, 0.5) is 19.3 Å². The second kappa shape index (κ2) is 8.00. The van der Waals surface area contributed by atoms with Gasteiger partial charge < -0.3 is 15.3 Å². The van der Waals surface area contributed by atoms with E-state index >= 15 is 0 Å².